The van der Waals surface area contributed by atoms with E-state index in [-0.39, 0.29) is 0 Å². The van der Waals surface area contributed by atoms with E-state index in [1.165, 1.54) is 22.4 Å². The predicted octanol–water partition coefficient (Wildman–Crippen LogP) is 4.96. The average Bonchev–Trinajstić information content (AvgIpc) is 2.59. The zero-order valence-corrected chi connectivity index (χ0v) is 12.1. The zero-order chi connectivity index (χ0) is 15.2. The van der Waals surface area contributed by atoms with Crippen molar-refractivity contribution in [2.45, 2.75) is 6.61 Å². The number of rotatable bonds is 4. The molecule has 3 aromatic carbocycles. The molecule has 0 unspecified atom stereocenters. The normalized spacial score (nSPS) is 10.7. The molecule has 0 saturated carbocycles. The van der Waals surface area contributed by atoms with Crippen LogP contribution in [0, 0.1) is 11.3 Å². The molecule has 0 aliphatic rings. The molecule has 3 rings (SSSR count). The van der Waals surface area contributed by atoms with E-state index in [4.69, 9.17) is 10.00 Å². The second-order valence-electron chi connectivity index (χ2n) is 4.96. The Balaban J connectivity index is 1.74. The van der Waals surface area contributed by atoms with Crippen LogP contribution in [-0.4, -0.2) is 0 Å². The number of nitriles is 1. The highest BCUT2D eigenvalue weighted by atomic mass is 16.5. The van der Waals surface area contributed by atoms with Gasteiger partial charge in [0.25, 0.3) is 0 Å². The van der Waals surface area contributed by atoms with Gasteiger partial charge in [-0.3, -0.25) is 0 Å². The van der Waals surface area contributed by atoms with Crippen molar-refractivity contribution in [2.24, 2.45) is 0 Å². The fraction of sp³-hybridized carbons (Fsp3) is 0.0500. The summed E-state index contributed by atoms with van der Waals surface area (Å²) in [6.45, 7) is 0.536. The molecule has 0 aromatic heterocycles. The maximum Gasteiger partial charge on any atom is 0.119 e. The fourth-order valence-electron chi connectivity index (χ4n) is 2.39. The van der Waals surface area contributed by atoms with Gasteiger partial charge in [0.15, 0.2) is 0 Å². The standard InChI is InChI=1S/C20H15NO/c21-14-4-5-16-10-12-19(13-11-16)22-15-18-8-3-7-17-6-1-2-9-20(17)18/h1-13H,15H2/b5-4+. The molecular weight excluding hydrogens is 270 g/mol. The molecule has 0 N–H and O–H groups in total. The third-order valence-electron chi connectivity index (χ3n) is 3.50. The summed E-state index contributed by atoms with van der Waals surface area (Å²) in [6.07, 6.45) is 3.24. The van der Waals surface area contributed by atoms with Crippen LogP contribution in [-0.2, 0) is 6.61 Å². The van der Waals surface area contributed by atoms with Crippen molar-refractivity contribution < 1.29 is 4.74 Å². The molecule has 2 heteroatoms. The molecular formula is C20H15NO. The SMILES string of the molecule is N#C/C=C/c1ccc(OCc2cccc3ccccc23)cc1. The van der Waals surface area contributed by atoms with E-state index in [0.29, 0.717) is 6.61 Å². The first-order valence-corrected chi connectivity index (χ1v) is 7.12. The van der Waals surface area contributed by atoms with Gasteiger partial charge in [-0.1, -0.05) is 54.6 Å². The summed E-state index contributed by atoms with van der Waals surface area (Å²) >= 11 is 0. The number of allylic oxidation sites excluding steroid dienone is 1. The summed E-state index contributed by atoms with van der Waals surface area (Å²) in [4.78, 5) is 0. The number of fused-ring (bicyclic) bond motifs is 1. The lowest BCUT2D eigenvalue weighted by Crippen LogP contribution is -1.96. The van der Waals surface area contributed by atoms with Gasteiger partial charge >= 0.3 is 0 Å². The summed E-state index contributed by atoms with van der Waals surface area (Å²) in [5.41, 5.74) is 2.16. The van der Waals surface area contributed by atoms with Gasteiger partial charge in [0.1, 0.15) is 12.4 Å². The molecule has 0 aliphatic carbocycles. The van der Waals surface area contributed by atoms with Crippen LogP contribution in [0.4, 0.5) is 0 Å². The second kappa shape index (κ2) is 6.60. The fourth-order valence-corrected chi connectivity index (χ4v) is 2.39. The first-order chi connectivity index (χ1) is 10.9. The monoisotopic (exact) mass is 285 g/mol. The maximum atomic E-state index is 8.52. The Morgan fingerprint density at radius 1 is 0.909 bits per heavy atom. The molecule has 0 atom stereocenters. The van der Waals surface area contributed by atoms with E-state index in [1.807, 2.05) is 42.5 Å². The summed E-state index contributed by atoms with van der Waals surface area (Å²) in [5.74, 6) is 0.821. The van der Waals surface area contributed by atoms with Crippen molar-refractivity contribution in [3.63, 3.8) is 0 Å². The van der Waals surface area contributed by atoms with E-state index in [9.17, 15) is 0 Å². The van der Waals surface area contributed by atoms with Gasteiger partial charge in [-0.25, -0.2) is 0 Å². The van der Waals surface area contributed by atoms with Crippen LogP contribution < -0.4 is 4.74 Å². The summed E-state index contributed by atoms with van der Waals surface area (Å²) in [6, 6.07) is 24.2. The molecule has 3 aromatic rings. The van der Waals surface area contributed by atoms with Crippen molar-refractivity contribution in [1.29, 1.82) is 5.26 Å². The van der Waals surface area contributed by atoms with Crippen LogP contribution >= 0.6 is 0 Å². The molecule has 2 nitrogen and oxygen atoms in total. The van der Waals surface area contributed by atoms with Crippen LogP contribution in [0.3, 0.4) is 0 Å². The average molecular weight is 285 g/mol. The minimum Gasteiger partial charge on any atom is -0.489 e. The summed E-state index contributed by atoms with van der Waals surface area (Å²) in [7, 11) is 0. The lowest BCUT2D eigenvalue weighted by atomic mass is 10.1. The van der Waals surface area contributed by atoms with E-state index < -0.39 is 0 Å². The van der Waals surface area contributed by atoms with Crippen molar-refractivity contribution in [1.82, 2.24) is 0 Å². The number of hydrogen-bond donors (Lipinski definition) is 0. The molecule has 0 radical (unpaired) electrons. The van der Waals surface area contributed by atoms with Crippen molar-refractivity contribution in [3.05, 3.63) is 83.9 Å². The van der Waals surface area contributed by atoms with E-state index >= 15 is 0 Å². The lowest BCUT2D eigenvalue weighted by molar-refractivity contribution is 0.307. The Kier molecular flexibility index (Phi) is 4.17. The Labute approximate surface area is 129 Å². The largest absolute Gasteiger partial charge is 0.489 e. The third kappa shape index (κ3) is 3.16. The predicted molar refractivity (Wildman–Crippen MR) is 89.4 cm³/mol. The first-order valence-electron chi connectivity index (χ1n) is 7.12. The summed E-state index contributed by atoms with van der Waals surface area (Å²) in [5, 5.41) is 11.0. The zero-order valence-electron chi connectivity index (χ0n) is 12.1. The Morgan fingerprint density at radius 2 is 1.68 bits per heavy atom. The molecule has 0 spiro atoms. The number of hydrogen-bond acceptors (Lipinski definition) is 2. The molecule has 0 saturated heterocycles. The van der Waals surface area contributed by atoms with Gasteiger partial charge in [-0.15, -0.1) is 0 Å². The van der Waals surface area contributed by atoms with Crippen molar-refractivity contribution in [3.8, 4) is 11.8 Å². The molecule has 0 amide bonds. The van der Waals surface area contributed by atoms with Gasteiger partial charge in [0.05, 0.1) is 6.07 Å². The highest BCUT2D eigenvalue weighted by molar-refractivity contribution is 5.85. The minimum absolute atomic E-state index is 0.536. The van der Waals surface area contributed by atoms with E-state index in [2.05, 4.69) is 30.3 Å². The van der Waals surface area contributed by atoms with E-state index in [1.54, 1.807) is 6.08 Å². The molecule has 0 fully saturated rings. The Morgan fingerprint density at radius 3 is 2.50 bits per heavy atom. The quantitative estimate of drug-likeness (QED) is 0.635. The van der Waals surface area contributed by atoms with Gasteiger partial charge in [-0.2, -0.15) is 5.26 Å². The molecule has 0 aliphatic heterocycles. The number of ether oxygens (including phenoxy) is 1. The molecule has 22 heavy (non-hydrogen) atoms. The van der Waals surface area contributed by atoms with Crippen LogP contribution in [0.15, 0.2) is 72.8 Å². The Hall–Kier alpha value is -3.05. The minimum atomic E-state index is 0.536. The first kappa shape index (κ1) is 13.9. The Bertz CT molecular complexity index is 836. The highest BCUT2D eigenvalue weighted by Crippen LogP contribution is 2.21. The lowest BCUT2D eigenvalue weighted by Gasteiger charge is -2.09. The number of nitrogens with zero attached hydrogens (tertiary/aromatic N) is 1. The van der Waals surface area contributed by atoms with Gasteiger partial charge in [0, 0.05) is 6.08 Å². The van der Waals surface area contributed by atoms with Gasteiger partial charge in [-0.05, 0) is 40.1 Å². The van der Waals surface area contributed by atoms with Crippen molar-refractivity contribution in [2.75, 3.05) is 0 Å². The molecule has 106 valence electrons. The van der Waals surface area contributed by atoms with E-state index in [0.717, 1.165) is 11.3 Å². The molecule has 0 bridgehead atoms. The summed E-state index contributed by atoms with van der Waals surface area (Å²) < 4.78 is 5.87. The van der Waals surface area contributed by atoms with Crippen LogP contribution in [0.2, 0.25) is 0 Å². The third-order valence-corrected chi connectivity index (χ3v) is 3.50. The van der Waals surface area contributed by atoms with Crippen molar-refractivity contribution >= 4 is 16.8 Å². The topological polar surface area (TPSA) is 33.0 Å². The van der Waals surface area contributed by atoms with Gasteiger partial charge < -0.3 is 4.74 Å². The number of benzene rings is 3. The highest BCUT2D eigenvalue weighted by Gasteiger charge is 2.01. The maximum absolute atomic E-state index is 8.52. The molecule has 0 heterocycles. The van der Waals surface area contributed by atoms with Gasteiger partial charge in [0.2, 0.25) is 0 Å². The van der Waals surface area contributed by atoms with Crippen LogP contribution in [0.25, 0.3) is 16.8 Å². The van der Waals surface area contributed by atoms with Crippen LogP contribution in [0.5, 0.6) is 5.75 Å². The van der Waals surface area contributed by atoms with Crippen LogP contribution in [0.1, 0.15) is 11.1 Å². The smallest absolute Gasteiger partial charge is 0.119 e. The second-order valence-corrected chi connectivity index (χ2v) is 4.96.